The fourth-order valence-electron chi connectivity index (χ4n) is 3.26. The molecule has 13 heteroatoms. The van der Waals surface area contributed by atoms with E-state index in [1.165, 1.54) is 0 Å². The van der Waals surface area contributed by atoms with Gasteiger partial charge >= 0.3 is 5.97 Å². The van der Waals surface area contributed by atoms with Crippen LogP contribution in [0.4, 0.5) is 0 Å². The number of hydrogen-bond acceptors (Lipinski definition) is 8. The van der Waals surface area contributed by atoms with E-state index in [0.717, 1.165) is 5.56 Å². The molecular weight excluding hydrogens is 488 g/mol. The molecule has 0 radical (unpaired) electrons. The van der Waals surface area contributed by atoms with E-state index in [1.807, 2.05) is 0 Å². The van der Waals surface area contributed by atoms with Gasteiger partial charge in [-0.1, -0.05) is 30.3 Å². The van der Waals surface area contributed by atoms with Crippen LogP contribution in [-0.4, -0.2) is 71.2 Å². The van der Waals surface area contributed by atoms with Crippen molar-refractivity contribution in [3.63, 3.8) is 0 Å². The van der Waals surface area contributed by atoms with Crippen LogP contribution in [0.3, 0.4) is 0 Å². The van der Waals surface area contributed by atoms with Crippen molar-refractivity contribution in [3.8, 4) is 0 Å². The van der Waals surface area contributed by atoms with Gasteiger partial charge in [0, 0.05) is 18.6 Å². The van der Waals surface area contributed by atoms with E-state index in [9.17, 15) is 29.1 Å². The molecule has 4 unspecified atom stereocenters. The van der Waals surface area contributed by atoms with Gasteiger partial charge in [-0.25, -0.2) is 4.79 Å². The zero-order valence-electron chi connectivity index (χ0n) is 20.0. The van der Waals surface area contributed by atoms with E-state index < -0.39 is 53.8 Å². The number of carboxylic acid groups (broad SMARTS) is 1. The molecule has 0 aliphatic heterocycles. The number of thiol groups is 1. The SMILES string of the molecule is NCCCCC(NC(=O)C(CS)NC(=O)C(Cc1ccccc1)NC(=O)C(N)CCC(N)=O)C(=O)O. The Morgan fingerprint density at radius 2 is 1.44 bits per heavy atom. The third-order valence-corrected chi connectivity index (χ3v) is 5.70. The fraction of sp³-hybridized carbons (Fsp3) is 0.522. The molecule has 0 spiro atoms. The summed E-state index contributed by atoms with van der Waals surface area (Å²) in [5.74, 6) is -3.99. The molecule has 10 N–H and O–H groups in total. The number of amides is 4. The summed E-state index contributed by atoms with van der Waals surface area (Å²) >= 11 is 4.12. The summed E-state index contributed by atoms with van der Waals surface area (Å²) in [5, 5.41) is 16.9. The Kier molecular flexibility index (Phi) is 14.1. The first-order valence-electron chi connectivity index (χ1n) is 11.6. The van der Waals surface area contributed by atoms with Crippen LogP contribution in [0.15, 0.2) is 30.3 Å². The lowest BCUT2D eigenvalue weighted by atomic mass is 10.0. The fourth-order valence-corrected chi connectivity index (χ4v) is 3.51. The normalized spacial score (nSPS) is 14.1. The number of carboxylic acids is 1. The van der Waals surface area contributed by atoms with Crippen LogP contribution in [0, 0.1) is 0 Å². The third kappa shape index (κ3) is 11.5. The summed E-state index contributed by atoms with van der Waals surface area (Å²) in [4.78, 5) is 60.9. The maximum atomic E-state index is 13.1. The zero-order chi connectivity index (χ0) is 27.1. The highest BCUT2D eigenvalue weighted by Crippen LogP contribution is 2.06. The molecule has 4 atom stereocenters. The van der Waals surface area contributed by atoms with E-state index in [1.54, 1.807) is 30.3 Å². The van der Waals surface area contributed by atoms with E-state index in [2.05, 4.69) is 28.6 Å². The minimum atomic E-state index is -1.20. The van der Waals surface area contributed by atoms with Crippen molar-refractivity contribution in [2.45, 2.75) is 62.7 Å². The van der Waals surface area contributed by atoms with Gasteiger partial charge in [-0.2, -0.15) is 12.6 Å². The van der Waals surface area contributed by atoms with Crippen LogP contribution < -0.4 is 33.2 Å². The first-order valence-corrected chi connectivity index (χ1v) is 12.2. The lowest BCUT2D eigenvalue weighted by Gasteiger charge is -2.24. The largest absolute Gasteiger partial charge is 0.480 e. The molecule has 1 aromatic carbocycles. The number of unbranched alkanes of at least 4 members (excludes halogenated alkanes) is 1. The molecule has 0 aliphatic rings. The van der Waals surface area contributed by atoms with E-state index >= 15 is 0 Å². The highest BCUT2D eigenvalue weighted by molar-refractivity contribution is 7.80. The first kappa shape index (κ1) is 30.9. The summed E-state index contributed by atoms with van der Waals surface area (Å²) in [7, 11) is 0. The standard InChI is InChI=1S/C23H36N6O6S/c24-11-5-4-8-16(23(34)35)27-22(33)18(13-36)29-21(32)17(12-14-6-2-1-3-7-14)28-20(31)15(25)9-10-19(26)30/h1-3,6-7,15-18,36H,4-5,8-13,24-25H2,(H2,26,30)(H,27,33)(H,28,31)(H,29,32)(H,34,35). The molecule has 4 amide bonds. The summed E-state index contributed by atoms with van der Waals surface area (Å²) < 4.78 is 0. The van der Waals surface area contributed by atoms with Gasteiger partial charge in [-0.05, 0) is 37.8 Å². The molecule has 1 aromatic rings. The molecule has 0 saturated heterocycles. The van der Waals surface area contributed by atoms with Crippen LogP contribution >= 0.6 is 12.6 Å². The van der Waals surface area contributed by atoms with Gasteiger partial charge in [0.1, 0.15) is 18.1 Å². The molecular formula is C23H36N6O6S. The van der Waals surface area contributed by atoms with Crippen LogP contribution in [0.2, 0.25) is 0 Å². The molecule has 12 nitrogen and oxygen atoms in total. The Bertz CT molecular complexity index is 887. The van der Waals surface area contributed by atoms with Crippen LogP contribution in [-0.2, 0) is 30.4 Å². The maximum Gasteiger partial charge on any atom is 0.326 e. The van der Waals surface area contributed by atoms with Gasteiger partial charge < -0.3 is 38.3 Å². The summed E-state index contributed by atoms with van der Waals surface area (Å²) in [6, 6.07) is 4.39. The zero-order valence-corrected chi connectivity index (χ0v) is 20.9. The number of nitrogens with two attached hydrogens (primary N) is 3. The number of primary amides is 1. The second-order valence-electron chi connectivity index (χ2n) is 8.29. The predicted molar refractivity (Wildman–Crippen MR) is 137 cm³/mol. The highest BCUT2D eigenvalue weighted by atomic mass is 32.1. The monoisotopic (exact) mass is 524 g/mol. The van der Waals surface area contributed by atoms with Crippen molar-refractivity contribution in [2.24, 2.45) is 17.2 Å². The molecule has 0 saturated carbocycles. The Morgan fingerprint density at radius 1 is 0.861 bits per heavy atom. The van der Waals surface area contributed by atoms with Crippen LogP contribution in [0.1, 0.15) is 37.7 Å². The molecule has 0 bridgehead atoms. The van der Waals surface area contributed by atoms with E-state index in [-0.39, 0.29) is 31.4 Å². The molecule has 36 heavy (non-hydrogen) atoms. The van der Waals surface area contributed by atoms with Gasteiger partial charge in [0.2, 0.25) is 23.6 Å². The van der Waals surface area contributed by atoms with Crippen LogP contribution in [0.5, 0.6) is 0 Å². The summed E-state index contributed by atoms with van der Waals surface area (Å²) in [6.07, 6.45) is 1.30. The minimum absolute atomic E-state index is 0.00322. The number of hydrogen-bond donors (Lipinski definition) is 8. The van der Waals surface area contributed by atoms with Crippen molar-refractivity contribution in [1.29, 1.82) is 0 Å². The molecule has 0 aromatic heterocycles. The van der Waals surface area contributed by atoms with Gasteiger partial charge in [0.15, 0.2) is 0 Å². The molecule has 0 fully saturated rings. The Labute approximate surface area is 215 Å². The third-order valence-electron chi connectivity index (χ3n) is 5.33. The quantitative estimate of drug-likeness (QED) is 0.0875. The minimum Gasteiger partial charge on any atom is -0.480 e. The second kappa shape index (κ2) is 16.5. The number of benzene rings is 1. The van der Waals surface area contributed by atoms with Gasteiger partial charge in [-0.15, -0.1) is 0 Å². The number of nitrogens with one attached hydrogen (secondary N) is 3. The van der Waals surface area contributed by atoms with Crippen molar-refractivity contribution >= 4 is 42.2 Å². The van der Waals surface area contributed by atoms with Crippen molar-refractivity contribution < 1.29 is 29.1 Å². The average molecular weight is 525 g/mol. The first-order chi connectivity index (χ1) is 17.1. The van der Waals surface area contributed by atoms with Gasteiger partial charge in [0.25, 0.3) is 0 Å². The average Bonchev–Trinajstić information content (AvgIpc) is 2.84. The van der Waals surface area contributed by atoms with Crippen molar-refractivity contribution in [2.75, 3.05) is 12.3 Å². The lowest BCUT2D eigenvalue weighted by Crippen LogP contribution is -2.58. The highest BCUT2D eigenvalue weighted by Gasteiger charge is 2.30. The van der Waals surface area contributed by atoms with Crippen molar-refractivity contribution in [3.05, 3.63) is 35.9 Å². The van der Waals surface area contributed by atoms with Crippen LogP contribution in [0.25, 0.3) is 0 Å². The Balaban J connectivity index is 2.93. The Morgan fingerprint density at radius 3 is 2.00 bits per heavy atom. The van der Waals surface area contributed by atoms with Crippen molar-refractivity contribution in [1.82, 2.24) is 16.0 Å². The molecule has 0 aliphatic carbocycles. The second-order valence-corrected chi connectivity index (χ2v) is 8.66. The Hall–Kier alpha value is -3.16. The lowest BCUT2D eigenvalue weighted by molar-refractivity contribution is -0.142. The van der Waals surface area contributed by atoms with E-state index in [0.29, 0.717) is 19.4 Å². The number of aliphatic carboxylic acids is 1. The number of rotatable bonds is 17. The summed E-state index contributed by atoms with van der Waals surface area (Å²) in [5.41, 5.74) is 17.1. The van der Waals surface area contributed by atoms with Gasteiger partial charge in [-0.3, -0.25) is 19.2 Å². The van der Waals surface area contributed by atoms with E-state index in [4.69, 9.17) is 17.2 Å². The molecule has 0 heterocycles. The molecule has 1 rings (SSSR count). The summed E-state index contributed by atoms with van der Waals surface area (Å²) in [6.45, 7) is 0.399. The maximum absolute atomic E-state index is 13.1. The smallest absolute Gasteiger partial charge is 0.326 e. The number of carbonyl (C=O) groups is 5. The number of carbonyl (C=O) groups excluding carboxylic acids is 4. The van der Waals surface area contributed by atoms with Gasteiger partial charge in [0.05, 0.1) is 6.04 Å². The molecule has 200 valence electrons. The topological polar surface area (TPSA) is 220 Å². The predicted octanol–water partition coefficient (Wildman–Crippen LogP) is -1.58.